The summed E-state index contributed by atoms with van der Waals surface area (Å²) in [7, 11) is 0. The van der Waals surface area contributed by atoms with Crippen LogP contribution < -0.4 is 10.5 Å². The molecule has 1 aliphatic heterocycles. The summed E-state index contributed by atoms with van der Waals surface area (Å²) in [6.45, 7) is 1.33. The molecule has 1 unspecified atom stereocenters. The van der Waals surface area contributed by atoms with Gasteiger partial charge in [0, 0.05) is 41.7 Å². The van der Waals surface area contributed by atoms with Crippen molar-refractivity contribution >= 4 is 16.3 Å². The van der Waals surface area contributed by atoms with Crippen LogP contribution in [0.1, 0.15) is 17.7 Å². The summed E-state index contributed by atoms with van der Waals surface area (Å²) in [5.41, 5.74) is 8.43. The minimum Gasteiger partial charge on any atom is -0.493 e. The zero-order chi connectivity index (χ0) is 14.3. The molecule has 1 aromatic carbocycles. The Hall–Kier alpha value is -1.85. The number of thiazole rings is 1. The molecule has 0 spiro atoms. The van der Waals surface area contributed by atoms with Gasteiger partial charge in [-0.25, -0.2) is 4.98 Å². The first-order valence-corrected chi connectivity index (χ1v) is 8.02. The highest BCUT2D eigenvalue weighted by Gasteiger charge is 2.37. The molecular formula is C16H17N3OS. The molecule has 0 bridgehead atoms. The predicted molar refractivity (Wildman–Crippen MR) is 84.1 cm³/mol. The lowest BCUT2D eigenvalue weighted by atomic mass is 9.73. The summed E-state index contributed by atoms with van der Waals surface area (Å²) in [5, 5.41) is 2.05. The van der Waals surface area contributed by atoms with Crippen LogP contribution >= 0.6 is 11.3 Å². The van der Waals surface area contributed by atoms with Gasteiger partial charge in [-0.3, -0.25) is 4.40 Å². The first-order chi connectivity index (χ1) is 10.3. The summed E-state index contributed by atoms with van der Waals surface area (Å²) in [5.74, 6) is 0.968. The number of benzene rings is 1. The zero-order valence-corrected chi connectivity index (χ0v) is 12.5. The molecule has 2 aromatic heterocycles. The predicted octanol–water partition coefficient (Wildman–Crippen LogP) is 2.62. The van der Waals surface area contributed by atoms with Crippen LogP contribution in [0.2, 0.25) is 0 Å². The summed E-state index contributed by atoms with van der Waals surface area (Å²) >= 11 is 1.66. The Labute approximate surface area is 127 Å². The van der Waals surface area contributed by atoms with E-state index in [4.69, 9.17) is 15.5 Å². The minimum atomic E-state index is -0.0706. The molecule has 1 aliphatic rings. The number of hydrogen-bond donors (Lipinski definition) is 1. The molecule has 0 saturated heterocycles. The van der Waals surface area contributed by atoms with Crippen LogP contribution in [0.4, 0.5) is 0 Å². The SMILES string of the molecule is NCC1(Cc2cn3ccsc3n2)CCOc2ccccc21. The van der Waals surface area contributed by atoms with Crippen molar-refractivity contribution in [1.82, 2.24) is 9.38 Å². The van der Waals surface area contributed by atoms with Gasteiger partial charge >= 0.3 is 0 Å². The van der Waals surface area contributed by atoms with Gasteiger partial charge < -0.3 is 10.5 Å². The maximum atomic E-state index is 6.18. The number of fused-ring (bicyclic) bond motifs is 2. The molecule has 3 aromatic rings. The minimum absolute atomic E-state index is 0.0706. The summed E-state index contributed by atoms with van der Waals surface area (Å²) in [4.78, 5) is 5.76. The quantitative estimate of drug-likeness (QED) is 0.809. The number of aromatic nitrogens is 2. The highest BCUT2D eigenvalue weighted by atomic mass is 32.1. The van der Waals surface area contributed by atoms with Crippen LogP contribution in [-0.4, -0.2) is 22.5 Å². The van der Waals surface area contributed by atoms with E-state index < -0.39 is 0 Å². The van der Waals surface area contributed by atoms with Gasteiger partial charge in [0.2, 0.25) is 0 Å². The van der Waals surface area contributed by atoms with E-state index in [0.717, 1.165) is 35.9 Å². The van der Waals surface area contributed by atoms with Gasteiger partial charge in [0.15, 0.2) is 4.96 Å². The highest BCUT2D eigenvalue weighted by Crippen LogP contribution is 2.40. The van der Waals surface area contributed by atoms with E-state index in [1.165, 1.54) is 5.56 Å². The van der Waals surface area contributed by atoms with Gasteiger partial charge in [-0.2, -0.15) is 0 Å². The van der Waals surface area contributed by atoms with Crippen LogP contribution in [0, 0.1) is 0 Å². The van der Waals surface area contributed by atoms with Crippen molar-refractivity contribution in [3.8, 4) is 5.75 Å². The molecule has 0 fully saturated rings. The number of para-hydroxylation sites is 1. The topological polar surface area (TPSA) is 52.5 Å². The smallest absolute Gasteiger partial charge is 0.193 e. The lowest BCUT2D eigenvalue weighted by molar-refractivity contribution is 0.215. The van der Waals surface area contributed by atoms with Crippen LogP contribution in [0.3, 0.4) is 0 Å². The standard InChI is InChI=1S/C16H17N3OS/c17-11-16(5-7-20-14-4-2-1-3-13(14)16)9-12-10-19-6-8-21-15(19)18-12/h1-4,6,8,10H,5,7,9,11,17H2. The molecule has 4 rings (SSSR count). The van der Waals surface area contributed by atoms with Gasteiger partial charge in [-0.1, -0.05) is 18.2 Å². The molecule has 21 heavy (non-hydrogen) atoms. The van der Waals surface area contributed by atoms with Crippen molar-refractivity contribution in [3.05, 3.63) is 53.3 Å². The Morgan fingerprint density at radius 3 is 3.14 bits per heavy atom. The highest BCUT2D eigenvalue weighted by molar-refractivity contribution is 7.15. The fourth-order valence-electron chi connectivity index (χ4n) is 3.20. The number of hydrogen-bond acceptors (Lipinski definition) is 4. The Bertz CT molecular complexity index is 750. The largest absolute Gasteiger partial charge is 0.493 e. The van der Waals surface area contributed by atoms with Gasteiger partial charge in [0.25, 0.3) is 0 Å². The Balaban J connectivity index is 1.75. The first kappa shape index (κ1) is 12.9. The molecule has 0 radical (unpaired) electrons. The Morgan fingerprint density at radius 1 is 1.38 bits per heavy atom. The second kappa shape index (κ2) is 4.86. The van der Waals surface area contributed by atoms with E-state index in [1.54, 1.807) is 11.3 Å². The molecule has 4 nitrogen and oxygen atoms in total. The van der Waals surface area contributed by atoms with Crippen LogP contribution in [0.25, 0.3) is 4.96 Å². The van der Waals surface area contributed by atoms with E-state index in [2.05, 4.69) is 28.1 Å². The van der Waals surface area contributed by atoms with Crippen molar-refractivity contribution < 1.29 is 4.74 Å². The fourth-order valence-corrected chi connectivity index (χ4v) is 3.92. The summed E-state index contributed by atoms with van der Waals surface area (Å²) in [6, 6.07) is 8.24. The van der Waals surface area contributed by atoms with Crippen molar-refractivity contribution in [2.24, 2.45) is 5.73 Å². The number of nitrogens with zero attached hydrogens (tertiary/aromatic N) is 2. The Kier molecular flexibility index (Phi) is 2.97. The number of nitrogens with two attached hydrogens (primary N) is 1. The summed E-state index contributed by atoms with van der Waals surface area (Å²) < 4.78 is 7.86. The third-order valence-corrected chi connectivity index (χ3v) is 5.12. The molecule has 0 saturated carbocycles. The molecule has 2 N–H and O–H groups in total. The average molecular weight is 299 g/mol. The molecular weight excluding hydrogens is 282 g/mol. The third kappa shape index (κ3) is 2.04. The molecule has 0 amide bonds. The molecule has 108 valence electrons. The van der Waals surface area contributed by atoms with Gasteiger partial charge in [-0.05, 0) is 12.5 Å². The van der Waals surface area contributed by atoms with Crippen molar-refractivity contribution in [1.29, 1.82) is 0 Å². The maximum absolute atomic E-state index is 6.18. The number of ether oxygens (including phenoxy) is 1. The average Bonchev–Trinajstić information content (AvgIpc) is 3.08. The number of rotatable bonds is 3. The van der Waals surface area contributed by atoms with Crippen LogP contribution in [0.5, 0.6) is 5.75 Å². The van der Waals surface area contributed by atoms with Crippen molar-refractivity contribution in [3.63, 3.8) is 0 Å². The van der Waals surface area contributed by atoms with Crippen LogP contribution in [0.15, 0.2) is 42.0 Å². The van der Waals surface area contributed by atoms with E-state index in [0.29, 0.717) is 6.54 Å². The maximum Gasteiger partial charge on any atom is 0.193 e. The Morgan fingerprint density at radius 2 is 2.29 bits per heavy atom. The molecule has 3 heterocycles. The molecule has 1 atom stereocenters. The molecule has 5 heteroatoms. The van der Waals surface area contributed by atoms with Crippen molar-refractivity contribution in [2.45, 2.75) is 18.3 Å². The normalized spacial score (nSPS) is 21.2. The van der Waals surface area contributed by atoms with E-state index in [9.17, 15) is 0 Å². The summed E-state index contributed by atoms with van der Waals surface area (Å²) in [6.07, 6.45) is 5.95. The van der Waals surface area contributed by atoms with Gasteiger partial charge in [0.05, 0.1) is 12.3 Å². The van der Waals surface area contributed by atoms with E-state index in [-0.39, 0.29) is 5.41 Å². The number of imidazole rings is 1. The van der Waals surface area contributed by atoms with Gasteiger partial charge in [0.1, 0.15) is 5.75 Å². The van der Waals surface area contributed by atoms with E-state index in [1.807, 2.05) is 18.3 Å². The van der Waals surface area contributed by atoms with Crippen molar-refractivity contribution in [2.75, 3.05) is 13.2 Å². The lowest BCUT2D eigenvalue weighted by Gasteiger charge is -2.37. The zero-order valence-electron chi connectivity index (χ0n) is 11.7. The second-order valence-electron chi connectivity index (χ2n) is 5.58. The first-order valence-electron chi connectivity index (χ1n) is 7.14. The second-order valence-corrected chi connectivity index (χ2v) is 6.45. The monoisotopic (exact) mass is 299 g/mol. The third-order valence-electron chi connectivity index (χ3n) is 4.35. The molecule has 0 aliphatic carbocycles. The van der Waals surface area contributed by atoms with E-state index >= 15 is 0 Å². The lowest BCUT2D eigenvalue weighted by Crippen LogP contribution is -2.41. The van der Waals surface area contributed by atoms with Gasteiger partial charge in [-0.15, -0.1) is 11.3 Å². The van der Waals surface area contributed by atoms with Crippen LogP contribution in [-0.2, 0) is 11.8 Å². The fraction of sp³-hybridized carbons (Fsp3) is 0.312.